The molecule has 1 aliphatic heterocycles. The van der Waals surface area contributed by atoms with Crippen LogP contribution in [0, 0.1) is 0 Å². The fourth-order valence-corrected chi connectivity index (χ4v) is 35.8. The molecule has 8 heteroatoms. The van der Waals surface area contributed by atoms with Gasteiger partial charge in [-0.3, -0.25) is 0 Å². The second-order valence-corrected chi connectivity index (χ2v) is 26.0. The maximum absolute atomic E-state index is 5.87. The second-order valence-electron chi connectivity index (χ2n) is 4.44. The maximum atomic E-state index is 5.87. The highest BCUT2D eigenvalue weighted by Crippen LogP contribution is 2.89. The summed E-state index contributed by atoms with van der Waals surface area (Å²) in [5.74, 6) is 1.74. The Kier molecular flexibility index (Phi) is 5.28. The Morgan fingerprint density at radius 3 is 1.41 bits per heavy atom. The molecule has 2 unspecified atom stereocenters. The van der Waals surface area contributed by atoms with Crippen LogP contribution in [0.4, 0.5) is 0 Å². The topological polar surface area (TPSA) is 18.5 Å². The summed E-state index contributed by atoms with van der Waals surface area (Å²) in [6, 6.07) is 16.4. The van der Waals surface area contributed by atoms with Crippen molar-refractivity contribution < 1.29 is 9.47 Å². The van der Waals surface area contributed by atoms with Crippen molar-refractivity contribution in [1.29, 1.82) is 0 Å². The third kappa shape index (κ3) is 3.15. The van der Waals surface area contributed by atoms with Crippen molar-refractivity contribution in [3.63, 3.8) is 0 Å². The van der Waals surface area contributed by atoms with Crippen LogP contribution in [-0.2, 0) is 28.8 Å². The molecule has 0 N–H and O–H groups in total. The molecule has 22 heavy (non-hydrogen) atoms. The second kappa shape index (κ2) is 6.88. The van der Waals surface area contributed by atoms with Crippen molar-refractivity contribution in [2.24, 2.45) is 0 Å². The van der Waals surface area contributed by atoms with E-state index in [9.17, 15) is 0 Å². The number of ether oxygens (including phenoxy) is 2. The van der Waals surface area contributed by atoms with Gasteiger partial charge in [0.25, 0.3) is 0 Å². The van der Waals surface area contributed by atoms with Crippen LogP contribution in [0.3, 0.4) is 0 Å². The smallest absolute Gasteiger partial charge is 0.118 e. The van der Waals surface area contributed by atoms with Crippen molar-refractivity contribution in [2.45, 2.75) is 0 Å². The van der Waals surface area contributed by atoms with Gasteiger partial charge in [-0.25, -0.2) is 0 Å². The van der Waals surface area contributed by atoms with E-state index in [1.165, 1.54) is 10.6 Å². The van der Waals surface area contributed by atoms with Gasteiger partial charge in [-0.15, -0.1) is 0 Å². The first-order valence-electron chi connectivity index (χ1n) is 6.38. The summed E-state index contributed by atoms with van der Waals surface area (Å²) in [6.07, 6.45) is -2.34. The number of rotatable bonds is 4. The Labute approximate surface area is 146 Å². The van der Waals surface area contributed by atoms with Crippen molar-refractivity contribution >= 4 is 63.0 Å². The van der Waals surface area contributed by atoms with Crippen LogP contribution in [-0.4, -0.2) is 14.2 Å². The largest absolute Gasteiger partial charge is 0.497 e. The lowest BCUT2D eigenvalue weighted by atomic mass is 10.3. The fourth-order valence-electron chi connectivity index (χ4n) is 1.96. The van der Waals surface area contributed by atoms with Gasteiger partial charge < -0.3 is 9.47 Å². The first-order chi connectivity index (χ1) is 10.6. The van der Waals surface area contributed by atoms with Crippen LogP contribution in [0.1, 0.15) is 0 Å². The van der Waals surface area contributed by atoms with Gasteiger partial charge in [-0.2, -0.15) is 0 Å². The van der Waals surface area contributed by atoms with Crippen molar-refractivity contribution in [2.75, 3.05) is 14.2 Å². The van der Waals surface area contributed by atoms with Gasteiger partial charge in [0.05, 0.1) is 26.9 Å². The number of methoxy groups -OCH3 is 2. The van der Waals surface area contributed by atoms with Gasteiger partial charge in [0.2, 0.25) is 0 Å². The molecular formula is C14H14O2P2S4. The standard InChI is InChI=1S/C14H14O2P2S4/c1-15-11-3-7-13(8-4-11)17-21-18(22(17,19)20)14-9-5-12(16-2)6-10-14/h3-10H,1-2H3. The minimum absolute atomic E-state index is 0.456. The summed E-state index contributed by atoms with van der Waals surface area (Å²) in [6.45, 7) is 0. The van der Waals surface area contributed by atoms with Gasteiger partial charge in [0.1, 0.15) is 11.5 Å². The third-order valence-electron chi connectivity index (χ3n) is 3.13. The average molecular weight is 404 g/mol. The normalized spacial score (nSPS) is 22.6. The molecular weight excluding hydrogens is 390 g/mol. The Morgan fingerprint density at radius 1 is 0.773 bits per heavy atom. The van der Waals surface area contributed by atoms with Gasteiger partial charge >= 0.3 is 0 Å². The lowest BCUT2D eigenvalue weighted by Crippen LogP contribution is -2.15. The first-order valence-corrected chi connectivity index (χ1v) is 15.8. The van der Waals surface area contributed by atoms with E-state index in [1.807, 2.05) is 35.3 Å². The van der Waals surface area contributed by atoms with Crippen LogP contribution in [0.5, 0.6) is 11.5 Å². The monoisotopic (exact) mass is 404 g/mol. The minimum atomic E-state index is -1.43. The van der Waals surface area contributed by atoms with E-state index in [2.05, 4.69) is 24.3 Å². The lowest BCUT2D eigenvalue weighted by Gasteiger charge is -2.40. The third-order valence-corrected chi connectivity index (χ3v) is 35.6. The van der Waals surface area contributed by atoms with Crippen molar-refractivity contribution in [1.82, 2.24) is 0 Å². The highest BCUT2D eigenvalue weighted by atomic mass is 33.8. The molecule has 0 bridgehead atoms. The summed E-state index contributed by atoms with van der Waals surface area (Å²) in [5.41, 5.74) is 0. The molecule has 2 atom stereocenters. The zero-order valence-electron chi connectivity index (χ0n) is 12.0. The van der Waals surface area contributed by atoms with Gasteiger partial charge in [0, 0.05) is 0 Å². The highest BCUT2D eigenvalue weighted by Gasteiger charge is 2.42. The number of hydrogen-bond acceptors (Lipinski definition) is 5. The molecule has 0 aliphatic carbocycles. The number of hydrogen-bond donors (Lipinski definition) is 0. The van der Waals surface area contributed by atoms with Crippen molar-refractivity contribution in [3.8, 4) is 11.5 Å². The molecule has 2 aromatic rings. The molecule has 3 rings (SSSR count). The molecule has 116 valence electrons. The lowest BCUT2D eigenvalue weighted by molar-refractivity contribution is 0.415. The van der Waals surface area contributed by atoms with Crippen LogP contribution in [0.15, 0.2) is 48.5 Å². The molecule has 2 aromatic carbocycles. The predicted octanol–water partition coefficient (Wildman–Crippen LogP) is 4.10. The van der Waals surface area contributed by atoms with E-state index in [4.69, 9.17) is 31.8 Å². The van der Waals surface area contributed by atoms with E-state index in [0.29, 0.717) is 0 Å². The molecule has 0 aromatic heterocycles. The molecule has 1 aliphatic rings. The van der Waals surface area contributed by atoms with Crippen LogP contribution in [0.25, 0.3) is 0 Å². The molecule has 0 radical (unpaired) electrons. The van der Waals surface area contributed by atoms with E-state index in [0.717, 1.165) is 11.5 Å². The molecule has 1 saturated heterocycles. The molecule has 0 saturated carbocycles. The van der Waals surface area contributed by atoms with E-state index in [1.54, 1.807) is 14.2 Å². The predicted molar refractivity (Wildman–Crippen MR) is 109 cm³/mol. The molecule has 0 spiro atoms. The zero-order valence-corrected chi connectivity index (χ0v) is 17.0. The molecule has 0 amide bonds. The fraction of sp³-hybridized carbons (Fsp3) is 0.143. The SMILES string of the molecule is COc1ccc(P2SP(c3ccc(OC)cc3)S2(=S)=S)cc1. The van der Waals surface area contributed by atoms with Crippen LogP contribution >= 0.6 is 23.7 Å². The van der Waals surface area contributed by atoms with Gasteiger partial charge in [-0.1, -0.05) is 11.0 Å². The summed E-state index contributed by atoms with van der Waals surface area (Å²) in [7, 11) is 3.36. The van der Waals surface area contributed by atoms with Gasteiger partial charge in [0.15, 0.2) is 0 Å². The Morgan fingerprint density at radius 2 is 1.14 bits per heavy atom. The Bertz CT molecular complexity index is 701. The molecule has 1 fully saturated rings. The first kappa shape index (κ1) is 16.9. The summed E-state index contributed by atoms with van der Waals surface area (Å²) < 4.78 is 10.4. The van der Waals surface area contributed by atoms with Gasteiger partial charge in [-0.05, 0) is 87.9 Å². The quantitative estimate of drug-likeness (QED) is 0.712. The summed E-state index contributed by atoms with van der Waals surface area (Å²) in [4.78, 5) is 0. The average Bonchev–Trinajstić information content (AvgIpc) is 2.55. The van der Waals surface area contributed by atoms with Crippen molar-refractivity contribution in [3.05, 3.63) is 48.5 Å². The molecule has 1 heterocycles. The minimum Gasteiger partial charge on any atom is -0.497 e. The summed E-state index contributed by atoms with van der Waals surface area (Å²) in [5, 5.41) is 2.57. The highest BCUT2D eigenvalue weighted by molar-refractivity contribution is 9.45. The zero-order chi connectivity index (χ0) is 15.7. The summed E-state index contributed by atoms with van der Waals surface area (Å²) >= 11 is 13.7. The van der Waals surface area contributed by atoms with E-state index < -0.39 is 19.0 Å². The Hall–Kier alpha value is 0.0400. The van der Waals surface area contributed by atoms with E-state index in [-0.39, 0.29) is 0 Å². The maximum Gasteiger partial charge on any atom is 0.118 e. The van der Waals surface area contributed by atoms with Crippen LogP contribution < -0.4 is 20.1 Å². The molecule has 2 nitrogen and oxygen atoms in total. The van der Waals surface area contributed by atoms with E-state index >= 15 is 0 Å². The van der Waals surface area contributed by atoms with Crippen LogP contribution in [0.2, 0.25) is 0 Å². The number of benzene rings is 2. The Balaban J connectivity index is 1.81.